The highest BCUT2D eigenvalue weighted by Crippen LogP contribution is 2.11. The van der Waals surface area contributed by atoms with E-state index in [9.17, 15) is 0 Å². The number of benzene rings is 1. The third-order valence-corrected chi connectivity index (χ3v) is 2.85. The molecule has 1 rings (SSSR count). The van der Waals surface area contributed by atoms with Gasteiger partial charge in [0.05, 0.1) is 12.8 Å². The zero-order valence-corrected chi connectivity index (χ0v) is 13.0. The standard InChI is InChI=1S/C15H23N3OS/c1-3-5-6-11-19-14-9-7-13(8-10-14)12-17-18-15(20)16-4-2/h7-10,12H,3-6,11H2,1-2H3,(H2,16,18,20)/b17-12-. The summed E-state index contributed by atoms with van der Waals surface area (Å²) >= 11 is 5.00. The summed E-state index contributed by atoms with van der Waals surface area (Å²) in [5.41, 5.74) is 3.75. The van der Waals surface area contributed by atoms with Gasteiger partial charge < -0.3 is 10.1 Å². The van der Waals surface area contributed by atoms with Crippen molar-refractivity contribution in [2.24, 2.45) is 5.10 Å². The number of rotatable bonds is 8. The van der Waals surface area contributed by atoms with Crippen LogP contribution in [-0.2, 0) is 0 Å². The third kappa shape index (κ3) is 7.09. The highest BCUT2D eigenvalue weighted by atomic mass is 32.1. The Balaban J connectivity index is 2.34. The van der Waals surface area contributed by atoms with Crippen molar-refractivity contribution in [1.82, 2.24) is 10.7 Å². The molecule has 0 heterocycles. The molecule has 0 aliphatic carbocycles. The second-order valence-electron chi connectivity index (χ2n) is 4.35. The molecule has 5 heteroatoms. The van der Waals surface area contributed by atoms with Gasteiger partial charge in [-0.2, -0.15) is 5.10 Å². The van der Waals surface area contributed by atoms with Gasteiger partial charge in [-0.1, -0.05) is 19.8 Å². The molecular weight excluding hydrogens is 270 g/mol. The van der Waals surface area contributed by atoms with Gasteiger partial charge in [0, 0.05) is 6.54 Å². The predicted octanol–water partition coefficient (Wildman–Crippen LogP) is 3.07. The summed E-state index contributed by atoms with van der Waals surface area (Å²) < 4.78 is 5.65. The van der Waals surface area contributed by atoms with Gasteiger partial charge in [0.2, 0.25) is 0 Å². The first-order chi connectivity index (χ1) is 9.76. The maximum atomic E-state index is 5.65. The summed E-state index contributed by atoms with van der Waals surface area (Å²) in [5.74, 6) is 0.898. The van der Waals surface area contributed by atoms with E-state index in [0.717, 1.165) is 30.9 Å². The molecule has 0 saturated heterocycles. The van der Waals surface area contributed by atoms with E-state index in [1.807, 2.05) is 31.2 Å². The van der Waals surface area contributed by atoms with Crippen LogP contribution in [0.1, 0.15) is 38.7 Å². The summed E-state index contributed by atoms with van der Waals surface area (Å²) in [6.45, 7) is 5.73. The van der Waals surface area contributed by atoms with Crippen molar-refractivity contribution in [3.63, 3.8) is 0 Å². The molecule has 0 bridgehead atoms. The van der Waals surface area contributed by atoms with E-state index in [4.69, 9.17) is 17.0 Å². The Labute approximate surface area is 126 Å². The normalized spacial score (nSPS) is 10.5. The molecule has 0 aliphatic heterocycles. The maximum absolute atomic E-state index is 5.65. The first-order valence-electron chi connectivity index (χ1n) is 7.06. The number of hydrazone groups is 1. The first kappa shape index (κ1) is 16.4. The van der Waals surface area contributed by atoms with Crippen LogP contribution in [0.2, 0.25) is 0 Å². The van der Waals surface area contributed by atoms with E-state index in [1.165, 1.54) is 12.8 Å². The van der Waals surface area contributed by atoms with Gasteiger partial charge in [0.25, 0.3) is 0 Å². The zero-order chi connectivity index (χ0) is 14.6. The first-order valence-corrected chi connectivity index (χ1v) is 7.46. The van der Waals surface area contributed by atoms with Crippen LogP contribution in [-0.4, -0.2) is 24.5 Å². The summed E-state index contributed by atoms with van der Waals surface area (Å²) in [7, 11) is 0. The maximum Gasteiger partial charge on any atom is 0.186 e. The number of hydrogen-bond acceptors (Lipinski definition) is 3. The Hall–Kier alpha value is -1.62. The van der Waals surface area contributed by atoms with Gasteiger partial charge in [0.15, 0.2) is 5.11 Å². The fourth-order valence-electron chi connectivity index (χ4n) is 1.56. The van der Waals surface area contributed by atoms with E-state index >= 15 is 0 Å². The van der Waals surface area contributed by atoms with Crippen LogP contribution in [0.5, 0.6) is 5.75 Å². The summed E-state index contributed by atoms with van der Waals surface area (Å²) in [4.78, 5) is 0. The second-order valence-corrected chi connectivity index (χ2v) is 4.76. The molecule has 1 aromatic carbocycles. The molecule has 0 atom stereocenters. The van der Waals surface area contributed by atoms with Crippen molar-refractivity contribution in [3.8, 4) is 5.75 Å². The average molecular weight is 293 g/mol. The van der Waals surface area contributed by atoms with Gasteiger partial charge in [-0.3, -0.25) is 5.43 Å². The monoisotopic (exact) mass is 293 g/mol. The molecule has 0 amide bonds. The minimum atomic E-state index is 0.527. The summed E-state index contributed by atoms with van der Waals surface area (Å²) in [6, 6.07) is 7.85. The average Bonchev–Trinajstić information content (AvgIpc) is 2.45. The minimum absolute atomic E-state index is 0.527. The third-order valence-electron chi connectivity index (χ3n) is 2.61. The number of nitrogens with zero attached hydrogens (tertiary/aromatic N) is 1. The van der Waals surface area contributed by atoms with Gasteiger partial charge in [0.1, 0.15) is 5.75 Å². The van der Waals surface area contributed by atoms with E-state index in [0.29, 0.717) is 5.11 Å². The van der Waals surface area contributed by atoms with Gasteiger partial charge in [-0.05, 0) is 55.4 Å². The molecule has 0 spiro atoms. The number of ether oxygens (including phenoxy) is 1. The molecule has 0 aliphatic rings. The van der Waals surface area contributed by atoms with Crippen LogP contribution in [0.25, 0.3) is 0 Å². The highest BCUT2D eigenvalue weighted by molar-refractivity contribution is 7.80. The molecule has 20 heavy (non-hydrogen) atoms. The fourth-order valence-corrected chi connectivity index (χ4v) is 1.75. The molecule has 0 fully saturated rings. The van der Waals surface area contributed by atoms with Crippen molar-refractivity contribution in [1.29, 1.82) is 0 Å². The molecule has 110 valence electrons. The molecule has 0 saturated carbocycles. The number of thiocarbonyl (C=S) groups is 1. The molecule has 0 unspecified atom stereocenters. The van der Waals surface area contributed by atoms with E-state index in [-0.39, 0.29) is 0 Å². The van der Waals surface area contributed by atoms with Crippen molar-refractivity contribution >= 4 is 23.5 Å². The molecule has 0 aromatic heterocycles. The Bertz CT molecular complexity index is 418. The zero-order valence-electron chi connectivity index (χ0n) is 12.2. The topological polar surface area (TPSA) is 45.6 Å². The van der Waals surface area contributed by atoms with Crippen LogP contribution >= 0.6 is 12.2 Å². The number of unbranched alkanes of at least 4 members (excludes halogenated alkanes) is 2. The molecular formula is C15H23N3OS. The Morgan fingerprint density at radius 1 is 1.25 bits per heavy atom. The Morgan fingerprint density at radius 3 is 2.65 bits per heavy atom. The highest BCUT2D eigenvalue weighted by Gasteiger charge is 1.94. The molecule has 1 aromatic rings. The molecule has 4 nitrogen and oxygen atoms in total. The predicted molar refractivity (Wildman–Crippen MR) is 88.5 cm³/mol. The summed E-state index contributed by atoms with van der Waals surface area (Å²) in [5, 5.41) is 7.55. The lowest BCUT2D eigenvalue weighted by atomic mass is 10.2. The van der Waals surface area contributed by atoms with Crippen LogP contribution < -0.4 is 15.5 Å². The van der Waals surface area contributed by atoms with Gasteiger partial charge >= 0.3 is 0 Å². The van der Waals surface area contributed by atoms with Crippen molar-refractivity contribution in [2.45, 2.75) is 33.1 Å². The van der Waals surface area contributed by atoms with E-state index in [1.54, 1.807) is 6.21 Å². The van der Waals surface area contributed by atoms with Crippen molar-refractivity contribution in [3.05, 3.63) is 29.8 Å². The Kier molecular flexibility index (Phi) is 8.38. The van der Waals surface area contributed by atoms with Crippen molar-refractivity contribution < 1.29 is 4.74 Å². The number of hydrogen-bond donors (Lipinski definition) is 2. The molecule has 0 radical (unpaired) electrons. The smallest absolute Gasteiger partial charge is 0.186 e. The largest absolute Gasteiger partial charge is 0.494 e. The van der Waals surface area contributed by atoms with Gasteiger partial charge in [-0.25, -0.2) is 0 Å². The van der Waals surface area contributed by atoms with Crippen LogP contribution in [0.4, 0.5) is 0 Å². The van der Waals surface area contributed by atoms with Crippen molar-refractivity contribution in [2.75, 3.05) is 13.2 Å². The quantitative estimate of drug-likeness (QED) is 0.335. The van der Waals surface area contributed by atoms with Crippen LogP contribution in [0.15, 0.2) is 29.4 Å². The lowest BCUT2D eigenvalue weighted by Crippen LogP contribution is -2.31. The minimum Gasteiger partial charge on any atom is -0.494 e. The van der Waals surface area contributed by atoms with Crippen LogP contribution in [0, 0.1) is 0 Å². The van der Waals surface area contributed by atoms with E-state index < -0.39 is 0 Å². The summed E-state index contributed by atoms with van der Waals surface area (Å²) in [6.07, 6.45) is 5.25. The SMILES string of the molecule is CCCCCOc1ccc(/C=N\NC(=S)NCC)cc1. The number of nitrogens with one attached hydrogen (secondary N) is 2. The second kappa shape index (κ2) is 10.2. The lowest BCUT2D eigenvalue weighted by molar-refractivity contribution is 0.306. The van der Waals surface area contributed by atoms with Crippen LogP contribution in [0.3, 0.4) is 0 Å². The van der Waals surface area contributed by atoms with E-state index in [2.05, 4.69) is 22.8 Å². The fraction of sp³-hybridized carbons (Fsp3) is 0.467. The Morgan fingerprint density at radius 2 is 2.00 bits per heavy atom. The molecule has 2 N–H and O–H groups in total. The van der Waals surface area contributed by atoms with Gasteiger partial charge in [-0.15, -0.1) is 0 Å². The lowest BCUT2D eigenvalue weighted by Gasteiger charge is -2.05.